The van der Waals surface area contributed by atoms with Crippen LogP contribution >= 0.6 is 23.7 Å². The second kappa shape index (κ2) is 7.75. The molecular weight excluding hydrogens is 306 g/mol. The second-order valence-electron chi connectivity index (χ2n) is 5.05. The number of nitrogen functional groups attached to an aromatic ring is 1. The molecule has 1 aromatic heterocycles. The van der Waals surface area contributed by atoms with Gasteiger partial charge in [-0.3, -0.25) is 0 Å². The van der Waals surface area contributed by atoms with Crippen LogP contribution in [-0.4, -0.2) is 18.1 Å². The number of nitrogens with zero attached hydrogens (tertiary/aromatic N) is 1. The van der Waals surface area contributed by atoms with Crippen LogP contribution in [0.4, 0.5) is 5.13 Å². The number of nitrogens with two attached hydrogens (primary N) is 1. The Morgan fingerprint density at radius 3 is 2.86 bits per heavy atom. The third-order valence-corrected chi connectivity index (χ3v) is 4.45. The van der Waals surface area contributed by atoms with Crippen LogP contribution in [0.5, 0.6) is 0 Å². The summed E-state index contributed by atoms with van der Waals surface area (Å²) < 4.78 is 5.89. The van der Waals surface area contributed by atoms with Crippen molar-refractivity contribution in [3.8, 4) is 0 Å². The molecule has 0 amide bonds. The minimum atomic E-state index is 0. The SMILES string of the molecule is Cl.Nc1ncc(CNC[C@@H]2CCO[C@H]2c2ccccc2)s1. The number of ether oxygens (including phenoxy) is 1. The van der Waals surface area contributed by atoms with E-state index < -0.39 is 0 Å². The highest BCUT2D eigenvalue weighted by Crippen LogP contribution is 2.33. The van der Waals surface area contributed by atoms with Gasteiger partial charge in [-0.15, -0.1) is 23.7 Å². The first kappa shape index (κ1) is 16.2. The molecule has 2 heterocycles. The lowest BCUT2D eigenvalue weighted by Gasteiger charge is -2.19. The highest BCUT2D eigenvalue weighted by molar-refractivity contribution is 7.15. The van der Waals surface area contributed by atoms with Gasteiger partial charge in [0.05, 0.1) is 6.10 Å². The van der Waals surface area contributed by atoms with Crippen LogP contribution in [0.15, 0.2) is 36.5 Å². The molecule has 1 aliphatic heterocycles. The van der Waals surface area contributed by atoms with Crippen LogP contribution in [0.2, 0.25) is 0 Å². The van der Waals surface area contributed by atoms with Crippen LogP contribution in [-0.2, 0) is 11.3 Å². The Morgan fingerprint density at radius 2 is 2.14 bits per heavy atom. The Morgan fingerprint density at radius 1 is 1.33 bits per heavy atom. The first-order valence-corrected chi connectivity index (χ1v) is 7.72. The van der Waals surface area contributed by atoms with E-state index in [1.807, 2.05) is 12.3 Å². The Balaban J connectivity index is 0.00000161. The van der Waals surface area contributed by atoms with Crippen molar-refractivity contribution in [2.75, 3.05) is 18.9 Å². The number of nitrogens with one attached hydrogen (secondary N) is 1. The molecule has 3 N–H and O–H groups in total. The first-order chi connectivity index (χ1) is 9.83. The molecule has 21 heavy (non-hydrogen) atoms. The fraction of sp³-hybridized carbons (Fsp3) is 0.400. The van der Waals surface area contributed by atoms with E-state index in [0.29, 0.717) is 11.0 Å². The van der Waals surface area contributed by atoms with Crippen LogP contribution in [0, 0.1) is 5.92 Å². The predicted molar refractivity (Wildman–Crippen MR) is 88.7 cm³/mol. The van der Waals surface area contributed by atoms with Gasteiger partial charge in [-0.25, -0.2) is 4.98 Å². The maximum atomic E-state index is 5.89. The van der Waals surface area contributed by atoms with Crippen LogP contribution < -0.4 is 11.1 Å². The lowest BCUT2D eigenvalue weighted by atomic mass is 9.95. The lowest BCUT2D eigenvalue weighted by molar-refractivity contribution is 0.0904. The fourth-order valence-corrected chi connectivity index (χ4v) is 3.29. The summed E-state index contributed by atoms with van der Waals surface area (Å²) in [6.45, 7) is 2.63. The Labute approximate surface area is 135 Å². The van der Waals surface area contributed by atoms with Gasteiger partial charge in [0, 0.05) is 36.7 Å². The number of hydrogen-bond acceptors (Lipinski definition) is 5. The fourth-order valence-electron chi connectivity index (χ4n) is 2.64. The summed E-state index contributed by atoms with van der Waals surface area (Å²) >= 11 is 1.54. The van der Waals surface area contributed by atoms with Crippen molar-refractivity contribution in [3.05, 3.63) is 47.0 Å². The van der Waals surface area contributed by atoms with Gasteiger partial charge < -0.3 is 15.8 Å². The largest absolute Gasteiger partial charge is 0.375 e. The standard InChI is InChI=1S/C15H19N3OS.ClH/c16-15-18-10-13(20-15)9-17-8-12-6-7-19-14(12)11-4-2-1-3-5-11;/h1-5,10,12,14,17H,6-9H2,(H2,16,18);1H/t12-,14-;/m0./s1. The van der Waals surface area contributed by atoms with Gasteiger partial charge in [-0.2, -0.15) is 0 Å². The van der Waals surface area contributed by atoms with Crippen molar-refractivity contribution < 1.29 is 4.74 Å². The third kappa shape index (κ3) is 4.17. The molecule has 0 unspecified atom stereocenters. The highest BCUT2D eigenvalue weighted by atomic mass is 35.5. The van der Waals surface area contributed by atoms with E-state index in [0.717, 1.165) is 26.1 Å². The zero-order valence-corrected chi connectivity index (χ0v) is 13.3. The zero-order valence-electron chi connectivity index (χ0n) is 11.7. The van der Waals surface area contributed by atoms with Gasteiger partial charge >= 0.3 is 0 Å². The van der Waals surface area contributed by atoms with Gasteiger partial charge in [-0.05, 0) is 12.0 Å². The molecule has 0 radical (unpaired) electrons. The van der Waals surface area contributed by atoms with Crippen molar-refractivity contribution in [1.29, 1.82) is 0 Å². The maximum Gasteiger partial charge on any atom is 0.180 e. The van der Waals surface area contributed by atoms with Crippen molar-refractivity contribution in [2.24, 2.45) is 5.92 Å². The van der Waals surface area contributed by atoms with Gasteiger partial charge in [-0.1, -0.05) is 30.3 Å². The number of thiazole rings is 1. The van der Waals surface area contributed by atoms with Crippen LogP contribution in [0.3, 0.4) is 0 Å². The Hall–Kier alpha value is -1.14. The number of halogens is 1. The van der Waals surface area contributed by atoms with Crippen molar-refractivity contribution in [3.63, 3.8) is 0 Å². The minimum Gasteiger partial charge on any atom is -0.375 e. The average molecular weight is 326 g/mol. The third-order valence-electron chi connectivity index (χ3n) is 3.62. The number of benzene rings is 1. The smallest absolute Gasteiger partial charge is 0.180 e. The molecule has 2 aromatic rings. The van der Waals surface area contributed by atoms with E-state index in [4.69, 9.17) is 10.5 Å². The molecule has 0 saturated carbocycles. The quantitative estimate of drug-likeness (QED) is 0.887. The summed E-state index contributed by atoms with van der Waals surface area (Å²) in [5.74, 6) is 0.530. The number of anilines is 1. The van der Waals surface area contributed by atoms with Gasteiger partial charge in [0.1, 0.15) is 0 Å². The maximum absolute atomic E-state index is 5.89. The average Bonchev–Trinajstić information content (AvgIpc) is 3.09. The molecule has 4 nitrogen and oxygen atoms in total. The van der Waals surface area contributed by atoms with E-state index >= 15 is 0 Å². The molecule has 6 heteroatoms. The van der Waals surface area contributed by atoms with Crippen molar-refractivity contribution in [2.45, 2.75) is 19.1 Å². The molecule has 1 aliphatic rings. The molecule has 1 fully saturated rings. The monoisotopic (exact) mass is 325 g/mol. The van der Waals surface area contributed by atoms with Gasteiger partial charge in [0.2, 0.25) is 0 Å². The molecule has 0 bridgehead atoms. The summed E-state index contributed by atoms with van der Waals surface area (Å²) in [6, 6.07) is 10.5. The Bertz CT molecular complexity index is 549. The van der Waals surface area contributed by atoms with E-state index in [-0.39, 0.29) is 18.5 Å². The number of rotatable bonds is 5. The topological polar surface area (TPSA) is 60.2 Å². The van der Waals surface area contributed by atoms with E-state index in [9.17, 15) is 0 Å². The molecule has 2 atom stereocenters. The summed E-state index contributed by atoms with van der Waals surface area (Å²) in [5, 5.41) is 4.12. The highest BCUT2D eigenvalue weighted by Gasteiger charge is 2.28. The van der Waals surface area contributed by atoms with Gasteiger partial charge in [0.25, 0.3) is 0 Å². The van der Waals surface area contributed by atoms with E-state index in [1.54, 1.807) is 11.3 Å². The molecule has 1 aromatic carbocycles. The van der Waals surface area contributed by atoms with Crippen LogP contribution in [0.1, 0.15) is 23.0 Å². The summed E-state index contributed by atoms with van der Waals surface area (Å²) in [6.07, 6.45) is 3.17. The normalized spacial score (nSPS) is 21.1. The molecule has 0 spiro atoms. The van der Waals surface area contributed by atoms with Gasteiger partial charge in [0.15, 0.2) is 5.13 Å². The molecular formula is C15H20ClN3OS. The Kier molecular flexibility index (Phi) is 5.99. The zero-order chi connectivity index (χ0) is 13.8. The minimum absolute atomic E-state index is 0. The second-order valence-corrected chi connectivity index (χ2v) is 6.19. The molecule has 3 rings (SSSR count). The number of hydrogen-bond donors (Lipinski definition) is 2. The van der Waals surface area contributed by atoms with E-state index in [1.165, 1.54) is 10.4 Å². The summed E-state index contributed by atoms with van der Waals surface area (Å²) in [4.78, 5) is 5.24. The van der Waals surface area contributed by atoms with Crippen molar-refractivity contribution >= 4 is 28.9 Å². The predicted octanol–water partition coefficient (Wildman–Crippen LogP) is 3.01. The molecule has 1 saturated heterocycles. The summed E-state index contributed by atoms with van der Waals surface area (Å²) in [7, 11) is 0. The molecule has 0 aliphatic carbocycles. The first-order valence-electron chi connectivity index (χ1n) is 6.90. The number of aromatic nitrogens is 1. The summed E-state index contributed by atoms with van der Waals surface area (Å²) in [5.41, 5.74) is 6.91. The van der Waals surface area contributed by atoms with E-state index in [2.05, 4.69) is 34.6 Å². The van der Waals surface area contributed by atoms with Crippen molar-refractivity contribution in [1.82, 2.24) is 10.3 Å². The molecule has 114 valence electrons. The van der Waals surface area contributed by atoms with Crippen LogP contribution in [0.25, 0.3) is 0 Å². The lowest BCUT2D eigenvalue weighted by Crippen LogP contribution is -2.24.